The number of amides is 1. The molecule has 4 rings (SSSR count). The third kappa shape index (κ3) is 6.96. The van der Waals surface area contributed by atoms with Gasteiger partial charge in [0.1, 0.15) is 29.2 Å². The lowest BCUT2D eigenvalue weighted by Gasteiger charge is -2.34. The minimum atomic E-state index is -4.41. The van der Waals surface area contributed by atoms with Gasteiger partial charge in [0.05, 0.1) is 30.7 Å². The van der Waals surface area contributed by atoms with Crippen LogP contribution in [-0.4, -0.2) is 72.0 Å². The lowest BCUT2D eigenvalue weighted by Crippen LogP contribution is -2.59. The largest absolute Gasteiger partial charge is 0.457 e. The summed E-state index contributed by atoms with van der Waals surface area (Å²) >= 11 is 0. The van der Waals surface area contributed by atoms with E-state index in [1.54, 1.807) is 12.1 Å². The Morgan fingerprint density at radius 2 is 1.95 bits per heavy atom. The summed E-state index contributed by atoms with van der Waals surface area (Å²) in [6, 6.07) is 9.36. The van der Waals surface area contributed by atoms with Crippen molar-refractivity contribution >= 4 is 16.9 Å². The van der Waals surface area contributed by atoms with E-state index in [2.05, 4.69) is 15.6 Å². The van der Waals surface area contributed by atoms with Gasteiger partial charge in [-0.25, -0.2) is 9.37 Å². The normalized spacial score (nSPS) is 16.4. The number of carbonyl (C=O) groups excluding carboxylic acids is 1. The molecule has 0 bridgehead atoms. The van der Waals surface area contributed by atoms with Crippen LogP contribution in [0.4, 0.5) is 17.6 Å². The highest BCUT2D eigenvalue weighted by molar-refractivity contribution is 5.79. The Kier molecular flexibility index (Phi) is 8.62. The predicted octanol–water partition coefficient (Wildman–Crippen LogP) is 3.46. The number of alkyl halides is 3. The maximum atomic E-state index is 13.2. The second-order valence-corrected chi connectivity index (χ2v) is 8.57. The van der Waals surface area contributed by atoms with Crippen molar-refractivity contribution in [2.45, 2.75) is 32.2 Å². The SMILES string of the molecule is CCOCCn1c(CNCC(=O)N2CCNC(C(F)(F)F)C2)nc2ccc(Oc3ccc(F)cc3)cc21. The molecule has 0 radical (unpaired) electrons. The van der Waals surface area contributed by atoms with E-state index in [1.165, 1.54) is 29.2 Å². The molecule has 1 fully saturated rings. The highest BCUT2D eigenvalue weighted by Gasteiger charge is 2.42. The van der Waals surface area contributed by atoms with Gasteiger partial charge >= 0.3 is 6.18 Å². The van der Waals surface area contributed by atoms with Crippen LogP contribution in [0.3, 0.4) is 0 Å². The zero-order valence-corrected chi connectivity index (χ0v) is 20.4. The Hall–Kier alpha value is -3.22. The van der Waals surface area contributed by atoms with E-state index in [-0.39, 0.29) is 32.0 Å². The number of nitrogens with zero attached hydrogens (tertiary/aromatic N) is 3. The van der Waals surface area contributed by atoms with Gasteiger partial charge in [0, 0.05) is 38.9 Å². The average Bonchev–Trinajstić information content (AvgIpc) is 3.21. The number of rotatable bonds is 10. The summed E-state index contributed by atoms with van der Waals surface area (Å²) in [4.78, 5) is 18.4. The van der Waals surface area contributed by atoms with Gasteiger partial charge in [-0.15, -0.1) is 0 Å². The topological polar surface area (TPSA) is 80.7 Å². The minimum absolute atomic E-state index is 0.0888. The molecule has 1 aliphatic rings. The summed E-state index contributed by atoms with van der Waals surface area (Å²) in [6.07, 6.45) is -4.41. The van der Waals surface area contributed by atoms with E-state index in [1.807, 2.05) is 17.6 Å². The lowest BCUT2D eigenvalue weighted by molar-refractivity contribution is -0.167. The maximum absolute atomic E-state index is 13.2. The highest BCUT2D eigenvalue weighted by Crippen LogP contribution is 2.27. The summed E-state index contributed by atoms with van der Waals surface area (Å²) in [5, 5.41) is 5.42. The molecule has 1 aromatic heterocycles. The van der Waals surface area contributed by atoms with Gasteiger partial charge in [-0.3, -0.25) is 4.79 Å². The number of hydrogen-bond acceptors (Lipinski definition) is 6. The number of halogens is 4. The van der Waals surface area contributed by atoms with Crippen molar-refractivity contribution < 1.29 is 31.8 Å². The molecule has 2 aromatic carbocycles. The molecule has 2 heterocycles. The van der Waals surface area contributed by atoms with Crippen molar-refractivity contribution in [3.8, 4) is 11.5 Å². The van der Waals surface area contributed by atoms with E-state index in [9.17, 15) is 22.4 Å². The molecule has 1 unspecified atom stereocenters. The summed E-state index contributed by atoms with van der Waals surface area (Å²) < 4.78 is 65.6. The molecule has 200 valence electrons. The molecule has 0 aliphatic carbocycles. The number of nitrogens with one attached hydrogen (secondary N) is 2. The number of benzene rings is 2. The van der Waals surface area contributed by atoms with E-state index < -0.39 is 24.7 Å². The monoisotopic (exact) mass is 523 g/mol. The number of carbonyl (C=O) groups is 1. The van der Waals surface area contributed by atoms with Gasteiger partial charge in [0.2, 0.25) is 5.91 Å². The third-order valence-electron chi connectivity index (χ3n) is 5.99. The Bertz CT molecular complexity index is 1200. The van der Waals surface area contributed by atoms with Crippen LogP contribution in [0.2, 0.25) is 0 Å². The van der Waals surface area contributed by atoms with Crippen LogP contribution in [-0.2, 0) is 22.6 Å². The second kappa shape index (κ2) is 11.9. The lowest BCUT2D eigenvalue weighted by atomic mass is 10.2. The van der Waals surface area contributed by atoms with Crippen LogP contribution in [0.5, 0.6) is 11.5 Å². The third-order valence-corrected chi connectivity index (χ3v) is 5.99. The Labute approximate surface area is 211 Å². The number of piperazine rings is 1. The van der Waals surface area contributed by atoms with Gasteiger partial charge in [0.25, 0.3) is 0 Å². The van der Waals surface area contributed by atoms with Crippen LogP contribution in [0.1, 0.15) is 12.7 Å². The zero-order chi connectivity index (χ0) is 26.4. The van der Waals surface area contributed by atoms with Gasteiger partial charge in [-0.05, 0) is 43.3 Å². The van der Waals surface area contributed by atoms with E-state index >= 15 is 0 Å². The number of fused-ring (bicyclic) bond motifs is 1. The average molecular weight is 524 g/mol. The smallest absolute Gasteiger partial charge is 0.405 e. The summed E-state index contributed by atoms with van der Waals surface area (Å²) in [7, 11) is 0. The maximum Gasteiger partial charge on any atom is 0.405 e. The van der Waals surface area contributed by atoms with Crippen LogP contribution in [0, 0.1) is 5.82 Å². The van der Waals surface area contributed by atoms with Gasteiger partial charge < -0.3 is 29.6 Å². The molecule has 8 nitrogen and oxygen atoms in total. The molecule has 0 saturated carbocycles. The second-order valence-electron chi connectivity index (χ2n) is 8.57. The summed E-state index contributed by atoms with van der Waals surface area (Å²) in [5.74, 6) is 0.925. The fraction of sp³-hybridized carbons (Fsp3) is 0.440. The number of imidazole rings is 1. The number of aromatic nitrogens is 2. The Morgan fingerprint density at radius 3 is 2.68 bits per heavy atom. The first kappa shape index (κ1) is 26.8. The quantitative estimate of drug-likeness (QED) is 0.313. The first-order valence-corrected chi connectivity index (χ1v) is 12.0. The van der Waals surface area contributed by atoms with E-state index in [0.29, 0.717) is 42.6 Å². The van der Waals surface area contributed by atoms with Crippen LogP contribution >= 0.6 is 0 Å². The molecule has 37 heavy (non-hydrogen) atoms. The Morgan fingerprint density at radius 1 is 1.19 bits per heavy atom. The first-order chi connectivity index (χ1) is 17.7. The molecule has 1 atom stereocenters. The fourth-order valence-corrected chi connectivity index (χ4v) is 4.13. The van der Waals surface area contributed by atoms with E-state index in [0.717, 1.165) is 5.52 Å². The molecule has 1 saturated heterocycles. The van der Waals surface area contributed by atoms with Gasteiger partial charge in [-0.1, -0.05) is 0 Å². The summed E-state index contributed by atoms with van der Waals surface area (Å²) in [6.45, 7) is 3.41. The molecule has 1 aliphatic heterocycles. The van der Waals surface area contributed by atoms with Crippen molar-refractivity contribution in [2.24, 2.45) is 0 Å². The predicted molar refractivity (Wildman–Crippen MR) is 129 cm³/mol. The molecular formula is C25H29F4N5O3. The van der Waals surface area contributed by atoms with Crippen molar-refractivity contribution in [3.63, 3.8) is 0 Å². The highest BCUT2D eigenvalue weighted by atomic mass is 19.4. The molecule has 2 N–H and O–H groups in total. The van der Waals surface area contributed by atoms with Crippen molar-refractivity contribution in [1.82, 2.24) is 25.1 Å². The van der Waals surface area contributed by atoms with Crippen LogP contribution in [0.25, 0.3) is 11.0 Å². The fourth-order valence-electron chi connectivity index (χ4n) is 4.13. The standard InChI is InChI=1S/C25H29F4N5O3/c1-2-36-12-11-34-21-13-19(37-18-5-3-17(26)4-6-18)7-8-20(21)32-23(34)14-30-15-24(35)33-10-9-31-22(16-33)25(27,28)29/h3-8,13,22,30-31H,2,9-12,14-16H2,1H3. The molecule has 3 aromatic rings. The molecule has 0 spiro atoms. The first-order valence-electron chi connectivity index (χ1n) is 12.0. The van der Waals surface area contributed by atoms with Crippen LogP contribution < -0.4 is 15.4 Å². The molecule has 12 heteroatoms. The van der Waals surface area contributed by atoms with Gasteiger partial charge in [0.15, 0.2) is 0 Å². The van der Waals surface area contributed by atoms with Crippen molar-refractivity contribution in [1.29, 1.82) is 0 Å². The van der Waals surface area contributed by atoms with Crippen LogP contribution in [0.15, 0.2) is 42.5 Å². The zero-order valence-electron chi connectivity index (χ0n) is 20.4. The minimum Gasteiger partial charge on any atom is -0.457 e. The summed E-state index contributed by atoms with van der Waals surface area (Å²) in [5.41, 5.74) is 1.50. The van der Waals surface area contributed by atoms with Crippen molar-refractivity contribution in [2.75, 3.05) is 39.4 Å². The van der Waals surface area contributed by atoms with E-state index in [4.69, 9.17) is 9.47 Å². The van der Waals surface area contributed by atoms with Gasteiger partial charge in [-0.2, -0.15) is 13.2 Å². The number of ether oxygens (including phenoxy) is 2. The number of hydrogen-bond donors (Lipinski definition) is 2. The molecule has 1 amide bonds. The Balaban J connectivity index is 1.45. The van der Waals surface area contributed by atoms with Crippen molar-refractivity contribution in [3.05, 3.63) is 54.1 Å². The molecular weight excluding hydrogens is 494 g/mol.